The summed E-state index contributed by atoms with van der Waals surface area (Å²) < 4.78 is 10.6. The molecule has 26 heavy (non-hydrogen) atoms. The summed E-state index contributed by atoms with van der Waals surface area (Å²) in [4.78, 5) is 24.8. The van der Waals surface area contributed by atoms with E-state index in [-0.39, 0.29) is 29.7 Å². The Labute approximate surface area is 156 Å². The van der Waals surface area contributed by atoms with Gasteiger partial charge in [-0.2, -0.15) is 0 Å². The molecule has 2 N–H and O–H groups in total. The van der Waals surface area contributed by atoms with E-state index in [1.807, 2.05) is 40.7 Å². The number of methoxy groups -OCH3 is 2. The number of rotatable bonds is 9. The van der Waals surface area contributed by atoms with Crippen molar-refractivity contribution in [1.82, 2.24) is 10.6 Å². The maximum atomic E-state index is 12.7. The van der Waals surface area contributed by atoms with Crippen molar-refractivity contribution in [2.45, 2.75) is 53.1 Å². The number of amides is 2. The minimum absolute atomic E-state index is 0.0227. The third-order valence-electron chi connectivity index (χ3n) is 4.12. The third kappa shape index (κ3) is 6.24. The highest BCUT2D eigenvalue weighted by Gasteiger charge is 2.26. The molecule has 1 aromatic rings. The first-order chi connectivity index (χ1) is 12.2. The van der Waals surface area contributed by atoms with E-state index >= 15 is 0 Å². The van der Waals surface area contributed by atoms with E-state index in [1.54, 1.807) is 26.4 Å². The fourth-order valence-electron chi connectivity index (χ4n) is 2.70. The van der Waals surface area contributed by atoms with E-state index in [4.69, 9.17) is 9.47 Å². The van der Waals surface area contributed by atoms with Gasteiger partial charge >= 0.3 is 0 Å². The minimum atomic E-state index is -0.583. The number of hydrogen-bond acceptors (Lipinski definition) is 4. The summed E-state index contributed by atoms with van der Waals surface area (Å²) >= 11 is 0. The lowest BCUT2D eigenvalue weighted by molar-refractivity contribution is -0.130. The Morgan fingerprint density at radius 1 is 1.00 bits per heavy atom. The predicted molar refractivity (Wildman–Crippen MR) is 102 cm³/mol. The van der Waals surface area contributed by atoms with Crippen LogP contribution in [0.1, 0.15) is 52.6 Å². The Kier molecular flexibility index (Phi) is 8.42. The van der Waals surface area contributed by atoms with Crippen LogP contribution in [-0.2, 0) is 9.59 Å². The van der Waals surface area contributed by atoms with Crippen LogP contribution < -0.4 is 20.1 Å². The average molecular weight is 364 g/mol. The van der Waals surface area contributed by atoms with Crippen molar-refractivity contribution in [1.29, 1.82) is 0 Å². The summed E-state index contributed by atoms with van der Waals surface area (Å²) in [5.74, 6) is 1.25. The molecule has 0 bridgehead atoms. The summed E-state index contributed by atoms with van der Waals surface area (Å²) in [6, 6.07) is 4.57. The van der Waals surface area contributed by atoms with Crippen LogP contribution in [0.15, 0.2) is 18.2 Å². The van der Waals surface area contributed by atoms with E-state index in [1.165, 1.54) is 0 Å². The molecule has 1 aromatic carbocycles. The van der Waals surface area contributed by atoms with Crippen LogP contribution in [0.2, 0.25) is 0 Å². The van der Waals surface area contributed by atoms with E-state index in [0.717, 1.165) is 5.56 Å². The molecule has 2 amide bonds. The van der Waals surface area contributed by atoms with Gasteiger partial charge in [0.1, 0.15) is 17.5 Å². The number of carbonyl (C=O) groups excluding carboxylic acids is 2. The van der Waals surface area contributed by atoms with Gasteiger partial charge in [-0.3, -0.25) is 9.59 Å². The average Bonchev–Trinajstić information content (AvgIpc) is 2.57. The molecule has 0 aliphatic heterocycles. The highest BCUT2D eigenvalue weighted by atomic mass is 16.5. The summed E-state index contributed by atoms with van der Waals surface area (Å²) in [5, 5.41) is 5.82. The number of benzene rings is 1. The molecule has 0 aliphatic carbocycles. The second-order valence-corrected chi connectivity index (χ2v) is 7.23. The van der Waals surface area contributed by atoms with Gasteiger partial charge in [0, 0.05) is 12.0 Å². The second kappa shape index (κ2) is 10.0. The maximum Gasteiger partial charge on any atom is 0.243 e. The van der Waals surface area contributed by atoms with Crippen molar-refractivity contribution in [3.8, 4) is 11.5 Å². The van der Waals surface area contributed by atoms with Gasteiger partial charge in [0.15, 0.2) is 0 Å². The maximum absolute atomic E-state index is 12.7. The molecule has 0 saturated heterocycles. The molecule has 146 valence electrons. The van der Waals surface area contributed by atoms with E-state index in [9.17, 15) is 9.59 Å². The van der Waals surface area contributed by atoms with E-state index in [2.05, 4.69) is 10.6 Å². The molecule has 0 radical (unpaired) electrons. The largest absolute Gasteiger partial charge is 0.497 e. The Hall–Kier alpha value is -2.24. The van der Waals surface area contributed by atoms with Crippen molar-refractivity contribution in [3.05, 3.63) is 23.8 Å². The molecule has 1 rings (SSSR count). The van der Waals surface area contributed by atoms with Crippen LogP contribution in [-0.4, -0.2) is 32.1 Å². The Bertz CT molecular complexity index is 614. The Morgan fingerprint density at radius 3 is 2.15 bits per heavy atom. The lowest BCUT2D eigenvalue weighted by Gasteiger charge is -2.25. The summed E-state index contributed by atoms with van der Waals surface area (Å²) in [7, 11) is 3.18. The number of ether oxygens (including phenoxy) is 2. The monoisotopic (exact) mass is 364 g/mol. The molecule has 0 aliphatic rings. The number of nitrogens with one attached hydrogen (secondary N) is 2. The van der Waals surface area contributed by atoms with Gasteiger partial charge in [0.05, 0.1) is 20.3 Å². The van der Waals surface area contributed by atoms with Crippen LogP contribution in [0.4, 0.5) is 0 Å². The molecule has 2 atom stereocenters. The van der Waals surface area contributed by atoms with Crippen LogP contribution in [0.3, 0.4) is 0 Å². The van der Waals surface area contributed by atoms with Crippen LogP contribution in [0.5, 0.6) is 11.5 Å². The standard InChI is InChI=1S/C20H32N2O4/c1-12(2)10-18(23)22-19(13(3)4)20(24)21-14(5)16-11-15(25-6)8-9-17(16)26-7/h8-9,11-14,19H,10H2,1-7H3,(H,21,24)(H,22,23). The quantitative estimate of drug-likeness (QED) is 0.706. The lowest BCUT2D eigenvalue weighted by atomic mass is 10.0. The molecular weight excluding hydrogens is 332 g/mol. The van der Waals surface area contributed by atoms with Crippen LogP contribution in [0.25, 0.3) is 0 Å². The first-order valence-corrected chi connectivity index (χ1v) is 9.01. The molecular formula is C20H32N2O4. The Balaban J connectivity index is 2.90. The van der Waals surface area contributed by atoms with Gasteiger partial charge in [-0.25, -0.2) is 0 Å². The molecule has 0 heterocycles. The summed E-state index contributed by atoms with van der Waals surface area (Å²) in [6.45, 7) is 9.65. The molecule has 0 saturated carbocycles. The van der Waals surface area contributed by atoms with Gasteiger partial charge in [0.25, 0.3) is 0 Å². The molecule has 2 unspecified atom stereocenters. The lowest BCUT2D eigenvalue weighted by Crippen LogP contribution is -2.50. The van der Waals surface area contributed by atoms with Gasteiger partial charge in [0.2, 0.25) is 11.8 Å². The van der Waals surface area contributed by atoms with Gasteiger partial charge in [-0.15, -0.1) is 0 Å². The first-order valence-electron chi connectivity index (χ1n) is 9.01. The number of carbonyl (C=O) groups is 2. The van der Waals surface area contributed by atoms with Crippen molar-refractivity contribution < 1.29 is 19.1 Å². The predicted octanol–water partition coefficient (Wildman–Crippen LogP) is 3.07. The first kappa shape index (κ1) is 21.8. The molecule has 6 heteroatoms. The van der Waals surface area contributed by atoms with Gasteiger partial charge in [-0.05, 0) is 37.0 Å². The third-order valence-corrected chi connectivity index (χ3v) is 4.12. The highest BCUT2D eigenvalue weighted by Crippen LogP contribution is 2.29. The highest BCUT2D eigenvalue weighted by molar-refractivity contribution is 5.88. The van der Waals surface area contributed by atoms with Gasteiger partial charge in [-0.1, -0.05) is 27.7 Å². The molecule has 0 spiro atoms. The summed E-state index contributed by atoms with van der Waals surface area (Å²) in [6.07, 6.45) is 0.399. The fourth-order valence-corrected chi connectivity index (χ4v) is 2.70. The van der Waals surface area contributed by atoms with E-state index in [0.29, 0.717) is 17.9 Å². The van der Waals surface area contributed by atoms with Crippen LogP contribution in [0, 0.1) is 11.8 Å². The SMILES string of the molecule is COc1ccc(OC)c(C(C)NC(=O)C(NC(=O)CC(C)C)C(C)C)c1. The topological polar surface area (TPSA) is 76.7 Å². The van der Waals surface area contributed by atoms with Crippen molar-refractivity contribution in [3.63, 3.8) is 0 Å². The zero-order valence-corrected chi connectivity index (χ0v) is 16.9. The minimum Gasteiger partial charge on any atom is -0.497 e. The zero-order chi connectivity index (χ0) is 19.9. The van der Waals surface area contributed by atoms with Crippen LogP contribution >= 0.6 is 0 Å². The van der Waals surface area contributed by atoms with E-state index < -0.39 is 6.04 Å². The van der Waals surface area contributed by atoms with Gasteiger partial charge < -0.3 is 20.1 Å². The second-order valence-electron chi connectivity index (χ2n) is 7.23. The van der Waals surface area contributed by atoms with Crippen molar-refractivity contribution >= 4 is 11.8 Å². The smallest absolute Gasteiger partial charge is 0.243 e. The summed E-state index contributed by atoms with van der Waals surface area (Å²) in [5.41, 5.74) is 0.816. The van der Waals surface area contributed by atoms with Crippen molar-refractivity contribution in [2.24, 2.45) is 11.8 Å². The Morgan fingerprint density at radius 2 is 1.65 bits per heavy atom. The van der Waals surface area contributed by atoms with Crippen molar-refractivity contribution in [2.75, 3.05) is 14.2 Å². The zero-order valence-electron chi connectivity index (χ0n) is 16.9. The molecule has 0 aromatic heterocycles. The number of hydrogen-bond donors (Lipinski definition) is 2. The molecule has 0 fully saturated rings. The fraction of sp³-hybridized carbons (Fsp3) is 0.600. The molecule has 6 nitrogen and oxygen atoms in total. The normalized spacial score (nSPS) is 13.3.